The van der Waals surface area contributed by atoms with Crippen LogP contribution in [0, 0.1) is 11.3 Å². The molecule has 0 heterocycles. The normalized spacial score (nSPS) is 11.1. The molecule has 92 valence electrons. The lowest BCUT2D eigenvalue weighted by Crippen LogP contribution is -2.23. The first kappa shape index (κ1) is 13.8. The summed E-state index contributed by atoms with van der Waals surface area (Å²) in [4.78, 5) is 1.50. The molecule has 0 aliphatic carbocycles. The van der Waals surface area contributed by atoms with Crippen LogP contribution in [0.2, 0.25) is 0 Å². The summed E-state index contributed by atoms with van der Waals surface area (Å²) in [5.41, 5.74) is 1.10. The molecule has 0 amide bonds. The fourth-order valence-electron chi connectivity index (χ4n) is 1.26. The molecule has 0 saturated heterocycles. The van der Waals surface area contributed by atoms with Gasteiger partial charge in [-0.25, -0.2) is 0 Å². The molecular weight excluding hydrogens is 297 g/mol. The molecule has 2 nitrogen and oxygen atoms in total. The van der Waals surface area contributed by atoms with Crippen molar-refractivity contribution >= 4 is 21.6 Å². The average molecular weight is 307 g/mol. The summed E-state index contributed by atoms with van der Waals surface area (Å²) in [6.45, 7) is -0.109. The predicted octanol–water partition coefficient (Wildman–Crippen LogP) is 3.71. The maximum Gasteiger partial charge on any atom is 0.390 e. The van der Waals surface area contributed by atoms with Gasteiger partial charge in [-0.05, 0) is 34.1 Å². The van der Waals surface area contributed by atoms with Crippen LogP contribution in [0.4, 0.5) is 18.9 Å². The van der Waals surface area contributed by atoms with Gasteiger partial charge in [0, 0.05) is 23.8 Å². The van der Waals surface area contributed by atoms with Gasteiger partial charge in [-0.1, -0.05) is 0 Å². The second kappa shape index (κ2) is 5.41. The highest BCUT2D eigenvalue weighted by atomic mass is 79.9. The molecule has 0 spiro atoms. The van der Waals surface area contributed by atoms with Crippen LogP contribution in [0.3, 0.4) is 0 Å². The summed E-state index contributed by atoms with van der Waals surface area (Å²) in [5, 5.41) is 8.72. The van der Waals surface area contributed by atoms with Crippen molar-refractivity contribution in [3.8, 4) is 6.07 Å². The van der Waals surface area contributed by atoms with Crippen molar-refractivity contribution in [2.45, 2.75) is 12.6 Å². The quantitative estimate of drug-likeness (QED) is 0.851. The maximum atomic E-state index is 12.1. The third-order valence-corrected chi connectivity index (χ3v) is 2.90. The van der Waals surface area contributed by atoms with Gasteiger partial charge >= 0.3 is 6.18 Å². The van der Waals surface area contributed by atoms with Crippen LogP contribution < -0.4 is 4.90 Å². The highest BCUT2D eigenvalue weighted by molar-refractivity contribution is 9.10. The van der Waals surface area contributed by atoms with Gasteiger partial charge in [-0.15, -0.1) is 0 Å². The van der Waals surface area contributed by atoms with Crippen molar-refractivity contribution in [3.05, 3.63) is 28.2 Å². The summed E-state index contributed by atoms with van der Waals surface area (Å²) in [7, 11) is 1.58. The standard InChI is InChI=1S/C11H10BrF3N2/c1-17(5-4-11(13,14)15)9-3-2-8(7-16)10(12)6-9/h2-3,6H,4-5H2,1H3. The number of nitriles is 1. The molecule has 1 aromatic rings. The van der Waals surface area contributed by atoms with Crippen LogP contribution >= 0.6 is 15.9 Å². The number of hydrogen-bond donors (Lipinski definition) is 0. The number of hydrogen-bond acceptors (Lipinski definition) is 2. The topological polar surface area (TPSA) is 27.0 Å². The number of benzene rings is 1. The van der Waals surface area contributed by atoms with Crippen molar-refractivity contribution in [2.24, 2.45) is 0 Å². The van der Waals surface area contributed by atoms with Crippen LogP contribution in [-0.4, -0.2) is 19.8 Å². The van der Waals surface area contributed by atoms with E-state index in [0.717, 1.165) is 0 Å². The molecule has 1 rings (SSSR count). The Labute approximate surface area is 106 Å². The van der Waals surface area contributed by atoms with Gasteiger partial charge in [-0.3, -0.25) is 0 Å². The lowest BCUT2D eigenvalue weighted by molar-refractivity contribution is -0.132. The van der Waals surface area contributed by atoms with Crippen LogP contribution in [-0.2, 0) is 0 Å². The Kier molecular flexibility index (Phi) is 4.40. The van der Waals surface area contributed by atoms with E-state index in [0.29, 0.717) is 15.7 Å². The third-order valence-electron chi connectivity index (χ3n) is 2.24. The molecule has 6 heteroatoms. The zero-order valence-electron chi connectivity index (χ0n) is 9.05. The average Bonchev–Trinajstić information content (AvgIpc) is 2.24. The van der Waals surface area contributed by atoms with Gasteiger partial charge in [0.2, 0.25) is 0 Å². The number of halogens is 4. The Morgan fingerprint density at radius 3 is 2.53 bits per heavy atom. The Hall–Kier alpha value is -1.22. The molecule has 17 heavy (non-hydrogen) atoms. The van der Waals surface area contributed by atoms with Crippen LogP contribution in [0.25, 0.3) is 0 Å². The Balaban J connectivity index is 2.74. The molecule has 0 atom stereocenters. The summed E-state index contributed by atoms with van der Waals surface area (Å²) in [5.74, 6) is 0. The molecule has 0 fully saturated rings. The molecule has 0 bridgehead atoms. The first-order valence-electron chi connectivity index (χ1n) is 4.81. The van der Waals surface area contributed by atoms with E-state index < -0.39 is 12.6 Å². The fraction of sp³-hybridized carbons (Fsp3) is 0.364. The predicted molar refractivity (Wildman–Crippen MR) is 62.8 cm³/mol. The highest BCUT2D eigenvalue weighted by Gasteiger charge is 2.27. The second-order valence-electron chi connectivity index (χ2n) is 3.56. The van der Waals surface area contributed by atoms with Crippen molar-refractivity contribution in [1.82, 2.24) is 0 Å². The van der Waals surface area contributed by atoms with Crippen molar-refractivity contribution in [3.63, 3.8) is 0 Å². The minimum absolute atomic E-state index is 0.109. The van der Waals surface area contributed by atoms with E-state index in [1.165, 1.54) is 4.90 Å². The van der Waals surface area contributed by atoms with E-state index in [2.05, 4.69) is 15.9 Å². The number of anilines is 1. The molecule has 1 aromatic carbocycles. The van der Waals surface area contributed by atoms with Crippen molar-refractivity contribution in [2.75, 3.05) is 18.5 Å². The third kappa shape index (κ3) is 4.27. The summed E-state index contributed by atoms with van der Waals surface area (Å²) in [6.07, 6.45) is -5.01. The molecule has 0 N–H and O–H groups in total. The minimum Gasteiger partial charge on any atom is -0.374 e. The first-order valence-corrected chi connectivity index (χ1v) is 5.60. The van der Waals surface area contributed by atoms with Gasteiger partial charge in [0.05, 0.1) is 12.0 Å². The lowest BCUT2D eigenvalue weighted by atomic mass is 10.2. The van der Waals surface area contributed by atoms with Crippen molar-refractivity contribution < 1.29 is 13.2 Å². The smallest absolute Gasteiger partial charge is 0.374 e. The molecule has 0 aliphatic heterocycles. The minimum atomic E-state index is -4.15. The summed E-state index contributed by atoms with van der Waals surface area (Å²) in [6, 6.07) is 6.80. The van der Waals surface area contributed by atoms with Crippen LogP contribution in [0.1, 0.15) is 12.0 Å². The van der Waals surface area contributed by atoms with Gasteiger partial charge in [0.1, 0.15) is 6.07 Å². The number of rotatable bonds is 3. The maximum absolute atomic E-state index is 12.1. The van der Waals surface area contributed by atoms with Gasteiger partial charge < -0.3 is 4.90 Å². The fourth-order valence-corrected chi connectivity index (χ4v) is 1.71. The number of alkyl halides is 3. The molecule has 0 radical (unpaired) electrons. The molecule has 0 aromatic heterocycles. The summed E-state index contributed by atoms with van der Waals surface area (Å²) >= 11 is 3.19. The SMILES string of the molecule is CN(CCC(F)(F)F)c1ccc(C#N)c(Br)c1. The molecule has 0 saturated carbocycles. The van der Waals surface area contributed by atoms with Gasteiger partial charge in [0.15, 0.2) is 0 Å². The monoisotopic (exact) mass is 306 g/mol. The van der Waals surface area contributed by atoms with Crippen molar-refractivity contribution in [1.29, 1.82) is 5.26 Å². The van der Waals surface area contributed by atoms with Crippen LogP contribution in [0.15, 0.2) is 22.7 Å². The number of nitrogens with zero attached hydrogens (tertiary/aromatic N) is 2. The molecular formula is C11H10BrF3N2. The van der Waals surface area contributed by atoms with E-state index in [9.17, 15) is 13.2 Å². The zero-order valence-corrected chi connectivity index (χ0v) is 10.6. The van der Waals surface area contributed by atoms with E-state index in [-0.39, 0.29) is 6.54 Å². The molecule has 0 aliphatic rings. The Morgan fingerprint density at radius 1 is 1.41 bits per heavy atom. The Bertz CT molecular complexity index is 437. The lowest BCUT2D eigenvalue weighted by Gasteiger charge is -2.20. The second-order valence-corrected chi connectivity index (χ2v) is 4.42. The first-order chi connectivity index (χ1) is 7.83. The van der Waals surface area contributed by atoms with E-state index >= 15 is 0 Å². The van der Waals surface area contributed by atoms with Crippen LogP contribution in [0.5, 0.6) is 0 Å². The van der Waals surface area contributed by atoms with Gasteiger partial charge in [0.25, 0.3) is 0 Å². The summed E-state index contributed by atoms with van der Waals surface area (Å²) < 4.78 is 36.7. The van der Waals surface area contributed by atoms with E-state index in [1.807, 2.05) is 6.07 Å². The largest absolute Gasteiger partial charge is 0.390 e. The molecule has 0 unspecified atom stereocenters. The Morgan fingerprint density at radius 2 is 2.06 bits per heavy atom. The highest BCUT2D eigenvalue weighted by Crippen LogP contribution is 2.25. The van der Waals surface area contributed by atoms with E-state index in [4.69, 9.17) is 5.26 Å². The zero-order chi connectivity index (χ0) is 13.1. The van der Waals surface area contributed by atoms with Gasteiger partial charge in [-0.2, -0.15) is 18.4 Å². The van der Waals surface area contributed by atoms with E-state index in [1.54, 1.807) is 25.2 Å².